The second kappa shape index (κ2) is 7.22. The van der Waals surface area contributed by atoms with Gasteiger partial charge in [0.15, 0.2) is 0 Å². The SMILES string of the molecule is Cc1ccc2nc(-c3ccccc3)cc(C(=O)Nc3cccc(Cl)c3)c2c1. The van der Waals surface area contributed by atoms with E-state index in [4.69, 9.17) is 16.6 Å². The number of anilines is 1. The van der Waals surface area contributed by atoms with Crippen molar-refractivity contribution in [1.82, 2.24) is 4.98 Å². The van der Waals surface area contributed by atoms with Crippen LogP contribution in [0.3, 0.4) is 0 Å². The number of nitrogens with zero attached hydrogens (tertiary/aromatic N) is 1. The summed E-state index contributed by atoms with van der Waals surface area (Å²) in [6.45, 7) is 2.00. The molecule has 3 nitrogen and oxygen atoms in total. The minimum atomic E-state index is -0.188. The Hall–Kier alpha value is -3.17. The first kappa shape index (κ1) is 17.3. The number of aromatic nitrogens is 1. The van der Waals surface area contributed by atoms with Crippen LogP contribution in [0.2, 0.25) is 5.02 Å². The van der Waals surface area contributed by atoms with Gasteiger partial charge in [-0.25, -0.2) is 4.98 Å². The van der Waals surface area contributed by atoms with E-state index >= 15 is 0 Å². The molecule has 0 aliphatic heterocycles. The van der Waals surface area contributed by atoms with Crippen molar-refractivity contribution < 1.29 is 4.79 Å². The van der Waals surface area contributed by atoms with Gasteiger partial charge >= 0.3 is 0 Å². The third kappa shape index (κ3) is 3.69. The smallest absolute Gasteiger partial charge is 0.256 e. The normalized spacial score (nSPS) is 10.7. The molecule has 0 fully saturated rings. The van der Waals surface area contributed by atoms with Crippen molar-refractivity contribution in [1.29, 1.82) is 0 Å². The number of nitrogens with one attached hydrogen (secondary N) is 1. The van der Waals surface area contributed by atoms with Crippen molar-refractivity contribution in [3.05, 3.63) is 95.0 Å². The van der Waals surface area contributed by atoms with E-state index in [2.05, 4.69) is 5.32 Å². The Labute approximate surface area is 162 Å². The summed E-state index contributed by atoms with van der Waals surface area (Å²) >= 11 is 6.03. The number of hydrogen-bond acceptors (Lipinski definition) is 2. The van der Waals surface area contributed by atoms with Crippen molar-refractivity contribution in [3.63, 3.8) is 0 Å². The lowest BCUT2D eigenvalue weighted by molar-refractivity contribution is 0.102. The van der Waals surface area contributed by atoms with Gasteiger partial charge in [0.2, 0.25) is 0 Å². The highest BCUT2D eigenvalue weighted by atomic mass is 35.5. The average molecular weight is 373 g/mol. The maximum absolute atomic E-state index is 13.1. The summed E-state index contributed by atoms with van der Waals surface area (Å²) in [7, 11) is 0. The largest absolute Gasteiger partial charge is 0.322 e. The molecule has 0 spiro atoms. The van der Waals surface area contributed by atoms with Crippen molar-refractivity contribution in [2.24, 2.45) is 0 Å². The highest BCUT2D eigenvalue weighted by Gasteiger charge is 2.15. The lowest BCUT2D eigenvalue weighted by atomic mass is 10.0. The quantitative estimate of drug-likeness (QED) is 0.471. The van der Waals surface area contributed by atoms with Gasteiger partial charge in [0.05, 0.1) is 16.8 Å². The number of amides is 1. The minimum Gasteiger partial charge on any atom is -0.322 e. The highest BCUT2D eigenvalue weighted by Crippen LogP contribution is 2.26. The van der Waals surface area contributed by atoms with Crippen molar-refractivity contribution in [2.45, 2.75) is 6.92 Å². The number of aryl methyl sites for hydroxylation is 1. The Kier molecular flexibility index (Phi) is 4.61. The van der Waals surface area contributed by atoms with Gasteiger partial charge in [-0.15, -0.1) is 0 Å². The molecular formula is C23H17ClN2O. The van der Waals surface area contributed by atoms with Gasteiger partial charge in [-0.2, -0.15) is 0 Å². The van der Waals surface area contributed by atoms with E-state index in [-0.39, 0.29) is 5.91 Å². The zero-order valence-corrected chi connectivity index (χ0v) is 15.5. The number of hydrogen-bond donors (Lipinski definition) is 1. The molecule has 3 aromatic carbocycles. The highest BCUT2D eigenvalue weighted by molar-refractivity contribution is 6.31. The predicted molar refractivity (Wildman–Crippen MR) is 111 cm³/mol. The summed E-state index contributed by atoms with van der Waals surface area (Å²) in [4.78, 5) is 17.8. The Bertz CT molecular complexity index is 1140. The van der Waals surface area contributed by atoms with Gasteiger partial charge in [-0.05, 0) is 43.3 Å². The zero-order chi connectivity index (χ0) is 18.8. The molecule has 0 aliphatic rings. The number of benzene rings is 3. The lowest BCUT2D eigenvalue weighted by Gasteiger charge is -2.11. The number of pyridine rings is 1. The fourth-order valence-corrected chi connectivity index (χ4v) is 3.24. The molecule has 27 heavy (non-hydrogen) atoms. The maximum Gasteiger partial charge on any atom is 0.256 e. The fraction of sp³-hybridized carbons (Fsp3) is 0.0435. The Balaban J connectivity index is 1.84. The third-order valence-corrected chi connectivity index (χ3v) is 4.60. The molecule has 0 saturated heterocycles. The van der Waals surface area contributed by atoms with E-state index in [0.717, 1.165) is 27.7 Å². The van der Waals surface area contributed by atoms with E-state index in [0.29, 0.717) is 16.3 Å². The molecule has 4 aromatic rings. The van der Waals surface area contributed by atoms with Gasteiger partial charge in [0.1, 0.15) is 0 Å². The number of rotatable bonds is 3. The second-order valence-electron chi connectivity index (χ2n) is 6.41. The fourth-order valence-electron chi connectivity index (χ4n) is 3.05. The Morgan fingerprint density at radius 2 is 1.74 bits per heavy atom. The molecule has 0 atom stereocenters. The van der Waals surface area contributed by atoms with Crippen LogP contribution in [-0.2, 0) is 0 Å². The van der Waals surface area contributed by atoms with Crippen LogP contribution < -0.4 is 5.32 Å². The molecule has 132 valence electrons. The number of carbonyl (C=O) groups excluding carboxylic acids is 1. The van der Waals surface area contributed by atoms with Crippen LogP contribution in [-0.4, -0.2) is 10.9 Å². The van der Waals surface area contributed by atoms with Gasteiger partial charge in [0.25, 0.3) is 5.91 Å². The first-order valence-electron chi connectivity index (χ1n) is 8.64. The minimum absolute atomic E-state index is 0.188. The number of halogens is 1. The predicted octanol–water partition coefficient (Wildman–Crippen LogP) is 6.12. The topological polar surface area (TPSA) is 42.0 Å². The van der Waals surface area contributed by atoms with Gasteiger partial charge < -0.3 is 5.32 Å². The Morgan fingerprint density at radius 3 is 2.52 bits per heavy atom. The standard InChI is InChI=1S/C23H17ClN2O/c1-15-10-11-21-19(12-15)20(14-22(26-21)16-6-3-2-4-7-16)23(27)25-18-9-5-8-17(24)13-18/h2-14H,1H3,(H,25,27). The molecule has 0 radical (unpaired) electrons. The summed E-state index contributed by atoms with van der Waals surface area (Å²) < 4.78 is 0. The Morgan fingerprint density at radius 1 is 0.926 bits per heavy atom. The number of fused-ring (bicyclic) bond motifs is 1. The molecule has 1 amide bonds. The van der Waals surface area contributed by atoms with Gasteiger partial charge in [-0.1, -0.05) is 59.6 Å². The molecule has 1 N–H and O–H groups in total. The van der Waals surface area contributed by atoms with E-state index in [1.54, 1.807) is 12.1 Å². The lowest BCUT2D eigenvalue weighted by Crippen LogP contribution is -2.13. The van der Waals surface area contributed by atoms with E-state index in [9.17, 15) is 4.79 Å². The summed E-state index contributed by atoms with van der Waals surface area (Å²) in [6.07, 6.45) is 0. The molecule has 4 heteroatoms. The van der Waals surface area contributed by atoms with Crippen LogP contribution in [0.25, 0.3) is 22.2 Å². The summed E-state index contributed by atoms with van der Waals surface area (Å²) in [6, 6.07) is 24.8. The first-order chi connectivity index (χ1) is 13.1. The van der Waals surface area contributed by atoms with E-state index < -0.39 is 0 Å². The van der Waals surface area contributed by atoms with Crippen LogP contribution in [0.1, 0.15) is 15.9 Å². The van der Waals surface area contributed by atoms with Crippen molar-refractivity contribution >= 4 is 34.1 Å². The monoisotopic (exact) mass is 372 g/mol. The van der Waals surface area contributed by atoms with Crippen LogP contribution in [0, 0.1) is 6.92 Å². The molecule has 4 rings (SSSR count). The van der Waals surface area contributed by atoms with E-state index in [1.165, 1.54) is 0 Å². The molecule has 1 aromatic heterocycles. The average Bonchev–Trinajstić information content (AvgIpc) is 2.68. The van der Waals surface area contributed by atoms with Gasteiger partial charge in [-0.3, -0.25) is 4.79 Å². The first-order valence-corrected chi connectivity index (χ1v) is 9.02. The van der Waals surface area contributed by atoms with Crippen LogP contribution >= 0.6 is 11.6 Å². The molecule has 1 heterocycles. The van der Waals surface area contributed by atoms with Crippen molar-refractivity contribution in [2.75, 3.05) is 5.32 Å². The van der Waals surface area contributed by atoms with E-state index in [1.807, 2.05) is 73.7 Å². The third-order valence-electron chi connectivity index (χ3n) is 4.36. The van der Waals surface area contributed by atoms with Crippen LogP contribution in [0.5, 0.6) is 0 Å². The van der Waals surface area contributed by atoms with Crippen LogP contribution in [0.15, 0.2) is 78.9 Å². The molecule has 0 bridgehead atoms. The second-order valence-corrected chi connectivity index (χ2v) is 6.84. The summed E-state index contributed by atoms with van der Waals surface area (Å²) in [5, 5.41) is 4.34. The summed E-state index contributed by atoms with van der Waals surface area (Å²) in [5.74, 6) is -0.188. The molecule has 0 aliphatic carbocycles. The maximum atomic E-state index is 13.1. The van der Waals surface area contributed by atoms with Crippen LogP contribution in [0.4, 0.5) is 5.69 Å². The molecule has 0 saturated carbocycles. The molecular weight excluding hydrogens is 356 g/mol. The summed E-state index contributed by atoms with van der Waals surface area (Å²) in [5.41, 5.74) is 4.85. The molecule has 0 unspecified atom stereocenters. The van der Waals surface area contributed by atoms with Crippen molar-refractivity contribution in [3.8, 4) is 11.3 Å². The van der Waals surface area contributed by atoms with Gasteiger partial charge in [0, 0.05) is 21.7 Å². The zero-order valence-electron chi connectivity index (χ0n) is 14.7. The number of carbonyl (C=O) groups is 1.